The summed E-state index contributed by atoms with van der Waals surface area (Å²) in [6, 6.07) is 2.37. The van der Waals surface area contributed by atoms with E-state index in [0.29, 0.717) is 17.9 Å². The first-order valence-corrected chi connectivity index (χ1v) is 10.4. The van der Waals surface area contributed by atoms with E-state index in [1.165, 1.54) is 5.69 Å². The molecule has 1 N–H and O–H groups in total. The van der Waals surface area contributed by atoms with E-state index >= 15 is 0 Å². The van der Waals surface area contributed by atoms with Crippen LogP contribution in [-0.4, -0.2) is 48.2 Å². The maximum Gasteiger partial charge on any atom is 0.239 e. The highest BCUT2D eigenvalue weighted by molar-refractivity contribution is 5.93. The molecule has 6 nitrogen and oxygen atoms in total. The van der Waals surface area contributed by atoms with Gasteiger partial charge in [-0.05, 0) is 64.1 Å². The third kappa shape index (κ3) is 4.72. The number of hydrogen-bond donors (Lipinski definition) is 1. The molecule has 1 aromatic heterocycles. The first-order chi connectivity index (χ1) is 13.1. The van der Waals surface area contributed by atoms with E-state index in [2.05, 4.69) is 22.9 Å². The van der Waals surface area contributed by atoms with Crippen LogP contribution in [0.15, 0.2) is 0 Å². The molecule has 0 aromatic carbocycles. The molecule has 2 heterocycles. The van der Waals surface area contributed by atoms with Crippen LogP contribution in [0.1, 0.15) is 62.3 Å². The summed E-state index contributed by atoms with van der Waals surface area (Å²) in [6.45, 7) is 4.94. The lowest BCUT2D eigenvalue weighted by molar-refractivity contribution is -0.117. The standard InChI is InChI=1S/C21H32N4O2/c1-3-4-11-24(2)15-20(26)23-21-18(13-22)17-9-5-6-10-19(17)25(21)14-16-8-7-12-27-16/h16H,3-12,14-15H2,1-2H3,(H,23,26)/t16-/m1/s1. The van der Waals surface area contributed by atoms with Gasteiger partial charge in [0.2, 0.25) is 5.91 Å². The minimum Gasteiger partial charge on any atom is -0.376 e. The minimum atomic E-state index is -0.0476. The van der Waals surface area contributed by atoms with Crippen LogP contribution in [0, 0.1) is 11.3 Å². The Kier molecular flexibility index (Phi) is 6.92. The van der Waals surface area contributed by atoms with Crippen LogP contribution in [0.5, 0.6) is 0 Å². The summed E-state index contributed by atoms with van der Waals surface area (Å²) in [4.78, 5) is 14.7. The highest BCUT2D eigenvalue weighted by Gasteiger charge is 2.28. The molecule has 1 aliphatic carbocycles. The van der Waals surface area contributed by atoms with Crippen molar-refractivity contribution in [3.8, 4) is 6.07 Å². The Morgan fingerprint density at radius 3 is 2.89 bits per heavy atom. The zero-order valence-electron chi connectivity index (χ0n) is 16.7. The average molecular weight is 373 g/mol. The molecule has 0 unspecified atom stereocenters. The third-order valence-corrected chi connectivity index (χ3v) is 5.66. The number of nitrogens with one attached hydrogen (secondary N) is 1. The largest absolute Gasteiger partial charge is 0.376 e. The van der Waals surface area contributed by atoms with Gasteiger partial charge in [-0.15, -0.1) is 0 Å². The first kappa shape index (κ1) is 19.9. The summed E-state index contributed by atoms with van der Waals surface area (Å²) in [7, 11) is 1.97. The van der Waals surface area contributed by atoms with Crippen molar-refractivity contribution in [2.45, 2.75) is 70.9 Å². The van der Waals surface area contributed by atoms with E-state index in [0.717, 1.165) is 76.6 Å². The number of nitriles is 1. The summed E-state index contributed by atoms with van der Waals surface area (Å²) >= 11 is 0. The lowest BCUT2D eigenvalue weighted by atomic mass is 9.95. The SMILES string of the molecule is CCCCN(C)CC(=O)Nc1c(C#N)c2c(n1C[C@H]1CCCO1)CCCC2. The molecule has 0 bridgehead atoms. The number of hydrogen-bond acceptors (Lipinski definition) is 4. The smallest absolute Gasteiger partial charge is 0.239 e. The van der Waals surface area contributed by atoms with Gasteiger partial charge < -0.3 is 14.6 Å². The van der Waals surface area contributed by atoms with Crippen LogP contribution in [0.2, 0.25) is 0 Å². The molecule has 3 rings (SSSR count). The maximum atomic E-state index is 12.6. The van der Waals surface area contributed by atoms with E-state index in [9.17, 15) is 10.1 Å². The molecule has 1 aliphatic heterocycles. The number of unbranched alkanes of at least 4 members (excludes halogenated alkanes) is 1. The molecule has 1 fully saturated rings. The highest BCUT2D eigenvalue weighted by Crippen LogP contribution is 2.34. The number of likely N-dealkylation sites (N-methyl/N-ethyl adjacent to an activating group) is 1. The molecule has 148 valence electrons. The minimum absolute atomic E-state index is 0.0476. The first-order valence-electron chi connectivity index (χ1n) is 10.4. The molecule has 0 spiro atoms. The van der Waals surface area contributed by atoms with Crippen LogP contribution < -0.4 is 5.32 Å². The summed E-state index contributed by atoms with van der Waals surface area (Å²) in [6.07, 6.45) is 8.65. The Morgan fingerprint density at radius 1 is 1.37 bits per heavy atom. The molecule has 0 saturated carbocycles. The number of amides is 1. The Labute approximate surface area is 162 Å². The number of fused-ring (bicyclic) bond motifs is 1. The number of nitrogens with zero attached hydrogens (tertiary/aromatic N) is 3. The second kappa shape index (κ2) is 9.38. The fourth-order valence-electron chi connectivity index (χ4n) is 4.24. The average Bonchev–Trinajstić information content (AvgIpc) is 3.27. The molecule has 1 aromatic rings. The van der Waals surface area contributed by atoms with Gasteiger partial charge in [0.15, 0.2) is 0 Å². The number of carbonyl (C=O) groups is 1. The van der Waals surface area contributed by atoms with E-state index in [-0.39, 0.29) is 12.0 Å². The number of rotatable bonds is 8. The van der Waals surface area contributed by atoms with E-state index < -0.39 is 0 Å². The fraction of sp³-hybridized carbons (Fsp3) is 0.714. The Morgan fingerprint density at radius 2 is 2.19 bits per heavy atom. The molecule has 0 radical (unpaired) electrons. The van der Waals surface area contributed by atoms with Crippen molar-refractivity contribution in [2.24, 2.45) is 0 Å². The lowest BCUT2D eigenvalue weighted by Gasteiger charge is -2.20. The van der Waals surface area contributed by atoms with Crippen molar-refractivity contribution in [1.29, 1.82) is 5.26 Å². The molecule has 1 saturated heterocycles. The van der Waals surface area contributed by atoms with Crippen LogP contribution in [0.25, 0.3) is 0 Å². The Balaban J connectivity index is 1.82. The van der Waals surface area contributed by atoms with Gasteiger partial charge in [-0.25, -0.2) is 0 Å². The summed E-state index contributed by atoms with van der Waals surface area (Å²) in [5.74, 6) is 0.641. The predicted octanol–water partition coefficient (Wildman–Crippen LogP) is 3.09. The van der Waals surface area contributed by atoms with Gasteiger partial charge >= 0.3 is 0 Å². The highest BCUT2D eigenvalue weighted by atomic mass is 16.5. The van der Waals surface area contributed by atoms with E-state index in [1.807, 2.05) is 11.9 Å². The molecule has 1 amide bonds. The quantitative estimate of drug-likeness (QED) is 0.761. The predicted molar refractivity (Wildman–Crippen MR) is 106 cm³/mol. The third-order valence-electron chi connectivity index (χ3n) is 5.66. The number of carbonyl (C=O) groups excluding carboxylic acids is 1. The van der Waals surface area contributed by atoms with Crippen molar-refractivity contribution in [3.05, 3.63) is 16.8 Å². The molecule has 2 aliphatic rings. The van der Waals surface area contributed by atoms with Gasteiger partial charge in [-0.3, -0.25) is 9.69 Å². The number of anilines is 1. The molecule has 6 heteroatoms. The van der Waals surface area contributed by atoms with Gasteiger partial charge in [-0.2, -0.15) is 5.26 Å². The topological polar surface area (TPSA) is 70.3 Å². The van der Waals surface area contributed by atoms with Crippen molar-refractivity contribution in [1.82, 2.24) is 9.47 Å². The van der Waals surface area contributed by atoms with Crippen molar-refractivity contribution >= 4 is 11.7 Å². The Bertz CT molecular complexity index is 698. The summed E-state index contributed by atoms with van der Waals surface area (Å²) in [5, 5.41) is 12.9. The molecule has 27 heavy (non-hydrogen) atoms. The zero-order chi connectivity index (χ0) is 19.2. The van der Waals surface area contributed by atoms with Gasteiger partial charge in [0.25, 0.3) is 0 Å². The maximum absolute atomic E-state index is 12.6. The monoisotopic (exact) mass is 372 g/mol. The van der Waals surface area contributed by atoms with Crippen molar-refractivity contribution in [2.75, 3.05) is 32.1 Å². The molecular weight excluding hydrogens is 340 g/mol. The zero-order valence-corrected chi connectivity index (χ0v) is 16.7. The van der Waals surface area contributed by atoms with Crippen molar-refractivity contribution < 1.29 is 9.53 Å². The second-order valence-corrected chi connectivity index (χ2v) is 7.85. The molecule has 1 atom stereocenters. The molecular formula is C21H32N4O2. The van der Waals surface area contributed by atoms with Gasteiger partial charge in [-0.1, -0.05) is 13.3 Å². The Hall–Kier alpha value is -1.84. The van der Waals surface area contributed by atoms with Crippen molar-refractivity contribution in [3.63, 3.8) is 0 Å². The van der Waals surface area contributed by atoms with Crippen LogP contribution in [0.4, 0.5) is 5.82 Å². The van der Waals surface area contributed by atoms with Gasteiger partial charge in [0.1, 0.15) is 11.9 Å². The lowest BCUT2D eigenvalue weighted by Crippen LogP contribution is -2.32. The van der Waals surface area contributed by atoms with Gasteiger partial charge in [0, 0.05) is 12.3 Å². The van der Waals surface area contributed by atoms with Crippen LogP contribution in [0.3, 0.4) is 0 Å². The fourth-order valence-corrected chi connectivity index (χ4v) is 4.24. The summed E-state index contributed by atoms with van der Waals surface area (Å²) in [5.41, 5.74) is 3.02. The summed E-state index contributed by atoms with van der Waals surface area (Å²) < 4.78 is 8.01. The number of aromatic nitrogens is 1. The van der Waals surface area contributed by atoms with Crippen LogP contribution in [-0.2, 0) is 28.9 Å². The van der Waals surface area contributed by atoms with E-state index in [4.69, 9.17) is 4.74 Å². The van der Waals surface area contributed by atoms with E-state index in [1.54, 1.807) is 0 Å². The second-order valence-electron chi connectivity index (χ2n) is 7.85. The number of ether oxygens (including phenoxy) is 1. The normalized spacial score (nSPS) is 19.1. The van der Waals surface area contributed by atoms with Gasteiger partial charge in [0.05, 0.1) is 24.8 Å². The van der Waals surface area contributed by atoms with Crippen LogP contribution >= 0.6 is 0 Å².